The van der Waals surface area contributed by atoms with Gasteiger partial charge in [-0.1, -0.05) is 42.5 Å². The lowest BCUT2D eigenvalue weighted by atomic mass is 9.92. The Morgan fingerprint density at radius 2 is 1.59 bits per heavy atom. The summed E-state index contributed by atoms with van der Waals surface area (Å²) in [4.78, 5) is 10.9. The summed E-state index contributed by atoms with van der Waals surface area (Å²) in [5, 5.41) is 8.88. The lowest BCUT2D eigenvalue weighted by Gasteiger charge is -2.16. The van der Waals surface area contributed by atoms with E-state index in [1.807, 2.05) is 0 Å². The molecule has 0 saturated carbocycles. The highest BCUT2D eigenvalue weighted by atomic mass is 19.4. The molecule has 0 saturated heterocycles. The summed E-state index contributed by atoms with van der Waals surface area (Å²) >= 11 is 0. The third-order valence-corrected chi connectivity index (χ3v) is 3.30. The topological polar surface area (TPSA) is 63.3 Å². The number of alkyl halides is 3. The van der Waals surface area contributed by atoms with Gasteiger partial charge in [0.2, 0.25) is 0 Å². The van der Waals surface area contributed by atoms with Crippen molar-refractivity contribution in [3.8, 4) is 11.1 Å². The molecule has 2 rings (SSSR count). The molecule has 2 aromatic carbocycles. The third-order valence-electron chi connectivity index (χ3n) is 3.30. The minimum Gasteiger partial charge on any atom is -0.480 e. The van der Waals surface area contributed by atoms with Crippen molar-refractivity contribution >= 4 is 5.97 Å². The lowest BCUT2D eigenvalue weighted by molar-refractivity contribution is -0.139. The molecule has 6 heteroatoms. The van der Waals surface area contributed by atoms with Gasteiger partial charge in [-0.25, -0.2) is 0 Å². The molecular formula is C16H14F3NO2. The summed E-state index contributed by atoms with van der Waals surface area (Å²) in [5.41, 5.74) is 5.56. The highest BCUT2D eigenvalue weighted by molar-refractivity contribution is 5.76. The second kappa shape index (κ2) is 6.19. The molecule has 0 radical (unpaired) electrons. The van der Waals surface area contributed by atoms with Crippen molar-refractivity contribution in [3.63, 3.8) is 0 Å². The van der Waals surface area contributed by atoms with E-state index in [4.69, 9.17) is 10.8 Å². The predicted octanol–water partition coefficient (Wildman–Crippen LogP) is 3.33. The Hall–Kier alpha value is -2.34. The maximum atomic E-state index is 13.1. The van der Waals surface area contributed by atoms with E-state index in [-0.39, 0.29) is 12.0 Å². The minimum atomic E-state index is -4.49. The van der Waals surface area contributed by atoms with Crippen molar-refractivity contribution in [2.75, 3.05) is 0 Å². The molecule has 0 bridgehead atoms. The first-order valence-corrected chi connectivity index (χ1v) is 6.53. The largest absolute Gasteiger partial charge is 0.480 e. The van der Waals surface area contributed by atoms with Gasteiger partial charge in [0.15, 0.2) is 0 Å². The number of carboxylic acids is 1. The Morgan fingerprint density at radius 1 is 1.05 bits per heavy atom. The summed E-state index contributed by atoms with van der Waals surface area (Å²) < 4.78 is 39.4. The average molecular weight is 309 g/mol. The number of rotatable bonds is 4. The molecule has 1 unspecified atom stereocenters. The summed E-state index contributed by atoms with van der Waals surface area (Å²) in [5.74, 6) is -1.20. The van der Waals surface area contributed by atoms with E-state index in [1.165, 1.54) is 24.3 Å². The molecule has 22 heavy (non-hydrogen) atoms. The monoisotopic (exact) mass is 309 g/mol. The van der Waals surface area contributed by atoms with Gasteiger partial charge in [0.1, 0.15) is 6.04 Å². The van der Waals surface area contributed by atoms with Crippen molar-refractivity contribution in [2.24, 2.45) is 5.73 Å². The van der Waals surface area contributed by atoms with Crippen molar-refractivity contribution < 1.29 is 23.1 Å². The molecular weight excluding hydrogens is 295 g/mol. The number of halogens is 3. The Balaban J connectivity index is 2.53. The van der Waals surface area contributed by atoms with Gasteiger partial charge in [-0.3, -0.25) is 4.79 Å². The second-order valence-electron chi connectivity index (χ2n) is 4.85. The summed E-state index contributed by atoms with van der Waals surface area (Å²) in [6, 6.07) is 10.4. The van der Waals surface area contributed by atoms with Crippen LogP contribution in [0.1, 0.15) is 11.1 Å². The molecule has 0 heterocycles. The van der Waals surface area contributed by atoms with E-state index in [2.05, 4.69) is 0 Å². The molecule has 2 aromatic rings. The summed E-state index contributed by atoms with van der Waals surface area (Å²) in [6.45, 7) is 0. The molecule has 0 aromatic heterocycles. The first-order valence-electron chi connectivity index (χ1n) is 6.53. The van der Waals surface area contributed by atoms with E-state index in [1.54, 1.807) is 18.2 Å². The van der Waals surface area contributed by atoms with Crippen LogP contribution in [-0.4, -0.2) is 17.1 Å². The van der Waals surface area contributed by atoms with Crippen molar-refractivity contribution in [1.29, 1.82) is 0 Å². The predicted molar refractivity (Wildman–Crippen MR) is 76.2 cm³/mol. The summed E-state index contributed by atoms with van der Waals surface area (Å²) in [7, 11) is 0. The summed E-state index contributed by atoms with van der Waals surface area (Å²) in [6.07, 6.45) is -4.53. The Kier molecular flexibility index (Phi) is 4.51. The van der Waals surface area contributed by atoms with Crippen molar-refractivity contribution in [2.45, 2.75) is 18.6 Å². The first-order chi connectivity index (χ1) is 10.3. The fourth-order valence-electron chi connectivity index (χ4n) is 2.25. The van der Waals surface area contributed by atoms with Crippen LogP contribution < -0.4 is 5.73 Å². The van der Waals surface area contributed by atoms with E-state index in [0.29, 0.717) is 11.1 Å². The van der Waals surface area contributed by atoms with Crippen LogP contribution in [0.2, 0.25) is 0 Å². The van der Waals surface area contributed by atoms with Gasteiger partial charge >= 0.3 is 12.1 Å². The number of carbonyl (C=O) groups is 1. The number of nitrogens with two attached hydrogens (primary N) is 1. The third kappa shape index (κ3) is 3.46. The van der Waals surface area contributed by atoms with Crippen LogP contribution in [-0.2, 0) is 17.4 Å². The zero-order chi connectivity index (χ0) is 16.3. The minimum absolute atomic E-state index is 0.0168. The molecule has 0 amide bonds. The normalized spacial score (nSPS) is 12.9. The van der Waals surface area contributed by atoms with E-state index >= 15 is 0 Å². The second-order valence-corrected chi connectivity index (χ2v) is 4.85. The number of hydrogen-bond acceptors (Lipinski definition) is 2. The smallest absolute Gasteiger partial charge is 0.417 e. The molecule has 1 atom stereocenters. The Labute approximate surface area is 125 Å². The quantitative estimate of drug-likeness (QED) is 0.910. The van der Waals surface area contributed by atoms with E-state index < -0.39 is 23.8 Å². The van der Waals surface area contributed by atoms with Gasteiger partial charge in [0, 0.05) is 0 Å². The van der Waals surface area contributed by atoms with Crippen LogP contribution in [0.25, 0.3) is 11.1 Å². The first kappa shape index (κ1) is 16.0. The van der Waals surface area contributed by atoms with Crippen molar-refractivity contribution in [1.82, 2.24) is 0 Å². The van der Waals surface area contributed by atoms with Gasteiger partial charge in [-0.05, 0) is 29.2 Å². The molecule has 0 spiro atoms. The molecule has 0 aliphatic rings. The zero-order valence-corrected chi connectivity index (χ0v) is 11.5. The van der Waals surface area contributed by atoms with Crippen LogP contribution in [0.15, 0.2) is 48.5 Å². The maximum Gasteiger partial charge on any atom is 0.417 e. The average Bonchev–Trinajstić information content (AvgIpc) is 2.47. The Morgan fingerprint density at radius 3 is 2.18 bits per heavy atom. The van der Waals surface area contributed by atoms with Crippen LogP contribution in [0, 0.1) is 0 Å². The Bertz CT molecular complexity index is 683. The standard InChI is InChI=1S/C16H14F3NO2/c17-16(18,19)13-8-4-3-7-12(13)11-6-2-1-5-10(11)9-14(20)15(21)22/h1-8,14H,9,20H2,(H,21,22). The zero-order valence-electron chi connectivity index (χ0n) is 11.5. The van der Waals surface area contributed by atoms with Crippen LogP contribution in [0.3, 0.4) is 0 Å². The highest BCUT2D eigenvalue weighted by Gasteiger charge is 2.33. The van der Waals surface area contributed by atoms with Crippen LogP contribution in [0.5, 0.6) is 0 Å². The van der Waals surface area contributed by atoms with Crippen LogP contribution in [0.4, 0.5) is 13.2 Å². The highest BCUT2D eigenvalue weighted by Crippen LogP contribution is 2.38. The number of carboxylic acid groups (broad SMARTS) is 1. The van der Waals surface area contributed by atoms with Gasteiger partial charge in [-0.15, -0.1) is 0 Å². The van der Waals surface area contributed by atoms with Gasteiger partial charge < -0.3 is 10.8 Å². The molecule has 3 N–H and O–H groups in total. The van der Waals surface area contributed by atoms with E-state index in [9.17, 15) is 18.0 Å². The maximum absolute atomic E-state index is 13.1. The molecule has 0 fully saturated rings. The molecule has 116 valence electrons. The van der Waals surface area contributed by atoms with Gasteiger partial charge in [0.25, 0.3) is 0 Å². The number of benzene rings is 2. The van der Waals surface area contributed by atoms with Crippen molar-refractivity contribution in [3.05, 3.63) is 59.7 Å². The molecule has 0 aliphatic carbocycles. The van der Waals surface area contributed by atoms with Crippen LogP contribution >= 0.6 is 0 Å². The molecule has 0 aliphatic heterocycles. The number of hydrogen-bond donors (Lipinski definition) is 2. The lowest BCUT2D eigenvalue weighted by Crippen LogP contribution is -2.32. The molecule has 3 nitrogen and oxygen atoms in total. The van der Waals surface area contributed by atoms with Gasteiger partial charge in [-0.2, -0.15) is 13.2 Å². The van der Waals surface area contributed by atoms with Gasteiger partial charge in [0.05, 0.1) is 5.56 Å². The fourth-order valence-corrected chi connectivity index (χ4v) is 2.25. The van der Waals surface area contributed by atoms with E-state index in [0.717, 1.165) is 6.07 Å². The fraction of sp³-hybridized carbons (Fsp3) is 0.188. The number of aliphatic carboxylic acids is 1. The SMILES string of the molecule is NC(Cc1ccccc1-c1ccccc1C(F)(F)F)C(=O)O.